The number of anilines is 1. The van der Waals surface area contributed by atoms with Gasteiger partial charge in [-0.3, -0.25) is 4.90 Å². The Morgan fingerprint density at radius 1 is 1.50 bits per heavy atom. The van der Waals surface area contributed by atoms with Gasteiger partial charge >= 0.3 is 0 Å². The van der Waals surface area contributed by atoms with Gasteiger partial charge in [0.15, 0.2) is 0 Å². The summed E-state index contributed by atoms with van der Waals surface area (Å²) in [7, 11) is 1.79. The molecule has 0 bridgehead atoms. The lowest BCUT2D eigenvalue weighted by Crippen LogP contribution is -2.36. The molecule has 3 nitrogen and oxygen atoms in total. The number of benzene rings is 1. The minimum absolute atomic E-state index is 0.670. The van der Waals surface area contributed by atoms with Crippen molar-refractivity contribution in [3.05, 3.63) is 28.2 Å². The van der Waals surface area contributed by atoms with Crippen LogP contribution in [0.15, 0.2) is 22.7 Å². The molecule has 0 aliphatic carbocycles. The Morgan fingerprint density at radius 2 is 2.33 bits per heavy atom. The zero-order chi connectivity index (χ0) is 13.0. The highest BCUT2D eigenvalue weighted by atomic mass is 79.9. The third-order valence-electron chi connectivity index (χ3n) is 3.47. The van der Waals surface area contributed by atoms with E-state index in [0.29, 0.717) is 5.92 Å². The number of halogens is 1. The van der Waals surface area contributed by atoms with Gasteiger partial charge in [0.25, 0.3) is 0 Å². The van der Waals surface area contributed by atoms with Crippen LogP contribution in [0.4, 0.5) is 5.69 Å². The number of methoxy groups -OCH3 is 1. The van der Waals surface area contributed by atoms with Gasteiger partial charge in [-0.05, 0) is 49.1 Å². The first-order valence-electron chi connectivity index (χ1n) is 6.44. The standard InChI is InChI=1S/C14H21BrN2O/c1-18-10-11-3-2-6-17(8-11)9-12-7-13(16)4-5-14(12)15/h4-5,7,11H,2-3,6,8-10,16H2,1H3. The minimum Gasteiger partial charge on any atom is -0.399 e. The number of likely N-dealkylation sites (tertiary alicyclic amines) is 1. The van der Waals surface area contributed by atoms with Crippen molar-refractivity contribution in [2.45, 2.75) is 19.4 Å². The number of rotatable bonds is 4. The second kappa shape index (κ2) is 6.55. The molecule has 0 radical (unpaired) electrons. The smallest absolute Gasteiger partial charge is 0.0502 e. The van der Waals surface area contributed by atoms with Crippen LogP contribution in [0.25, 0.3) is 0 Å². The van der Waals surface area contributed by atoms with E-state index >= 15 is 0 Å². The molecule has 18 heavy (non-hydrogen) atoms. The SMILES string of the molecule is COCC1CCCN(Cc2cc(N)ccc2Br)C1. The summed E-state index contributed by atoms with van der Waals surface area (Å²) in [4.78, 5) is 2.49. The Hall–Kier alpha value is -0.580. The van der Waals surface area contributed by atoms with Crippen molar-refractivity contribution in [1.82, 2.24) is 4.90 Å². The van der Waals surface area contributed by atoms with Crippen LogP contribution in [0.1, 0.15) is 18.4 Å². The van der Waals surface area contributed by atoms with Gasteiger partial charge < -0.3 is 10.5 Å². The molecule has 1 atom stereocenters. The van der Waals surface area contributed by atoms with Gasteiger partial charge in [-0.15, -0.1) is 0 Å². The topological polar surface area (TPSA) is 38.5 Å². The summed E-state index contributed by atoms with van der Waals surface area (Å²) in [6, 6.07) is 6.02. The van der Waals surface area contributed by atoms with Crippen LogP contribution in [-0.2, 0) is 11.3 Å². The second-order valence-corrected chi connectivity index (χ2v) is 5.90. The maximum absolute atomic E-state index is 5.85. The van der Waals surface area contributed by atoms with Crippen molar-refractivity contribution in [1.29, 1.82) is 0 Å². The lowest BCUT2D eigenvalue weighted by atomic mass is 9.98. The predicted molar refractivity (Wildman–Crippen MR) is 78.4 cm³/mol. The lowest BCUT2D eigenvalue weighted by molar-refractivity contribution is 0.0873. The molecule has 1 heterocycles. The van der Waals surface area contributed by atoms with Gasteiger partial charge in [-0.25, -0.2) is 0 Å². The average molecular weight is 313 g/mol. The van der Waals surface area contributed by atoms with Crippen LogP contribution in [0.3, 0.4) is 0 Å². The largest absolute Gasteiger partial charge is 0.399 e. The number of nitrogens with zero attached hydrogens (tertiary/aromatic N) is 1. The fourth-order valence-electron chi connectivity index (χ4n) is 2.62. The Labute approximate surface area is 117 Å². The molecule has 1 aliphatic rings. The highest BCUT2D eigenvalue weighted by Gasteiger charge is 2.20. The minimum atomic E-state index is 0.670. The van der Waals surface area contributed by atoms with Gasteiger partial charge in [0.05, 0.1) is 6.61 Å². The average Bonchev–Trinajstić information content (AvgIpc) is 2.35. The van der Waals surface area contributed by atoms with E-state index in [1.165, 1.54) is 24.9 Å². The van der Waals surface area contributed by atoms with Crippen molar-refractivity contribution >= 4 is 21.6 Å². The summed E-state index contributed by atoms with van der Waals surface area (Å²) in [5.41, 5.74) is 7.95. The van der Waals surface area contributed by atoms with E-state index in [0.717, 1.165) is 29.9 Å². The molecule has 1 unspecified atom stereocenters. The van der Waals surface area contributed by atoms with Gasteiger partial charge in [0, 0.05) is 30.4 Å². The molecule has 0 amide bonds. The maximum Gasteiger partial charge on any atom is 0.0502 e. The quantitative estimate of drug-likeness (QED) is 0.869. The number of nitrogens with two attached hydrogens (primary N) is 1. The number of hydrogen-bond donors (Lipinski definition) is 1. The van der Waals surface area contributed by atoms with Crippen molar-refractivity contribution in [2.75, 3.05) is 32.5 Å². The van der Waals surface area contributed by atoms with E-state index in [1.54, 1.807) is 7.11 Å². The Morgan fingerprint density at radius 3 is 3.11 bits per heavy atom. The van der Waals surface area contributed by atoms with E-state index in [9.17, 15) is 0 Å². The molecular formula is C14H21BrN2O. The second-order valence-electron chi connectivity index (χ2n) is 5.05. The van der Waals surface area contributed by atoms with Crippen molar-refractivity contribution in [3.8, 4) is 0 Å². The van der Waals surface area contributed by atoms with Crippen LogP contribution in [-0.4, -0.2) is 31.7 Å². The number of piperidine rings is 1. The zero-order valence-electron chi connectivity index (χ0n) is 10.9. The molecule has 2 N–H and O–H groups in total. The Kier molecular flexibility index (Phi) is 5.03. The summed E-state index contributed by atoms with van der Waals surface area (Å²) in [5, 5.41) is 0. The van der Waals surface area contributed by atoms with Crippen LogP contribution >= 0.6 is 15.9 Å². The van der Waals surface area contributed by atoms with Gasteiger partial charge in [0.2, 0.25) is 0 Å². The van der Waals surface area contributed by atoms with Crippen LogP contribution in [0.5, 0.6) is 0 Å². The van der Waals surface area contributed by atoms with Crippen LogP contribution in [0.2, 0.25) is 0 Å². The molecule has 1 aliphatic heterocycles. The van der Waals surface area contributed by atoms with Crippen LogP contribution in [0, 0.1) is 5.92 Å². The molecular weight excluding hydrogens is 292 g/mol. The van der Waals surface area contributed by atoms with E-state index in [-0.39, 0.29) is 0 Å². The molecule has 2 rings (SSSR count). The maximum atomic E-state index is 5.85. The number of nitrogen functional groups attached to an aromatic ring is 1. The monoisotopic (exact) mass is 312 g/mol. The zero-order valence-corrected chi connectivity index (χ0v) is 12.4. The molecule has 100 valence electrons. The summed E-state index contributed by atoms with van der Waals surface area (Å²) < 4.78 is 6.41. The highest BCUT2D eigenvalue weighted by molar-refractivity contribution is 9.10. The molecule has 1 aromatic rings. The summed E-state index contributed by atoms with van der Waals surface area (Å²) in [6.07, 6.45) is 2.54. The number of hydrogen-bond acceptors (Lipinski definition) is 3. The third kappa shape index (κ3) is 3.70. The fourth-order valence-corrected chi connectivity index (χ4v) is 3.00. The van der Waals surface area contributed by atoms with Gasteiger partial charge in [-0.2, -0.15) is 0 Å². The van der Waals surface area contributed by atoms with E-state index in [4.69, 9.17) is 10.5 Å². The molecule has 1 aromatic carbocycles. The van der Waals surface area contributed by atoms with Crippen molar-refractivity contribution in [3.63, 3.8) is 0 Å². The first-order valence-corrected chi connectivity index (χ1v) is 7.23. The van der Waals surface area contributed by atoms with E-state index < -0.39 is 0 Å². The normalized spacial score (nSPS) is 21.1. The summed E-state index contributed by atoms with van der Waals surface area (Å²) in [5.74, 6) is 0.670. The van der Waals surface area contributed by atoms with Gasteiger partial charge in [0.1, 0.15) is 0 Å². The molecule has 1 fully saturated rings. The first-order chi connectivity index (χ1) is 8.69. The Balaban J connectivity index is 1.98. The van der Waals surface area contributed by atoms with Gasteiger partial charge in [-0.1, -0.05) is 15.9 Å². The lowest BCUT2D eigenvalue weighted by Gasteiger charge is -2.32. The first kappa shape index (κ1) is 13.8. The molecule has 0 saturated carbocycles. The summed E-state index contributed by atoms with van der Waals surface area (Å²) in [6.45, 7) is 4.12. The van der Waals surface area contributed by atoms with Crippen molar-refractivity contribution in [2.24, 2.45) is 5.92 Å². The summed E-state index contributed by atoms with van der Waals surface area (Å²) >= 11 is 3.60. The van der Waals surface area contributed by atoms with E-state index in [1.807, 2.05) is 12.1 Å². The van der Waals surface area contributed by atoms with Crippen LogP contribution < -0.4 is 5.73 Å². The molecule has 1 saturated heterocycles. The van der Waals surface area contributed by atoms with E-state index in [2.05, 4.69) is 26.9 Å². The number of ether oxygens (including phenoxy) is 1. The Bertz CT molecular complexity index is 395. The fraction of sp³-hybridized carbons (Fsp3) is 0.571. The molecule has 0 aromatic heterocycles. The van der Waals surface area contributed by atoms with Crippen molar-refractivity contribution < 1.29 is 4.74 Å². The predicted octanol–water partition coefficient (Wildman–Crippen LogP) is 2.89. The third-order valence-corrected chi connectivity index (χ3v) is 4.24. The molecule has 4 heteroatoms. The highest BCUT2D eigenvalue weighted by Crippen LogP contribution is 2.24. The molecule has 0 spiro atoms.